The van der Waals surface area contributed by atoms with E-state index in [1.807, 2.05) is 34.6 Å². The molecule has 1 rings (SSSR count). The van der Waals surface area contributed by atoms with Crippen LogP contribution >= 0.6 is 11.6 Å². The summed E-state index contributed by atoms with van der Waals surface area (Å²) in [5, 5.41) is 5.95. The Bertz CT molecular complexity index is 600. The Labute approximate surface area is 149 Å². The predicted octanol–water partition coefficient (Wildman–Crippen LogP) is 3.57. The molecule has 0 heterocycles. The van der Waals surface area contributed by atoms with E-state index in [2.05, 4.69) is 10.6 Å². The van der Waals surface area contributed by atoms with Crippen LogP contribution in [-0.4, -0.2) is 23.4 Å². The number of nitrogens with two attached hydrogens (primary N) is 1. The Morgan fingerprint density at radius 3 is 2.42 bits per heavy atom. The van der Waals surface area contributed by atoms with E-state index in [0.717, 1.165) is 6.42 Å². The van der Waals surface area contributed by atoms with Gasteiger partial charge in [-0.3, -0.25) is 9.59 Å². The summed E-state index contributed by atoms with van der Waals surface area (Å²) in [5.41, 5.74) is 6.45. The molecule has 0 fully saturated rings. The van der Waals surface area contributed by atoms with Gasteiger partial charge in [0.2, 0.25) is 5.91 Å². The Balaban J connectivity index is 2.81. The van der Waals surface area contributed by atoms with E-state index in [1.165, 1.54) is 0 Å². The van der Waals surface area contributed by atoms with E-state index in [4.69, 9.17) is 17.3 Å². The average molecular weight is 354 g/mol. The van der Waals surface area contributed by atoms with Crippen molar-refractivity contribution in [2.45, 2.75) is 59.0 Å². The van der Waals surface area contributed by atoms with Crippen LogP contribution in [0.4, 0.5) is 5.69 Å². The minimum absolute atomic E-state index is 0.235. The molecule has 1 aromatic carbocycles. The average Bonchev–Trinajstić information content (AvgIpc) is 2.45. The number of carbonyl (C=O) groups excluding carboxylic acids is 2. The fourth-order valence-electron chi connectivity index (χ4n) is 2.09. The molecule has 0 radical (unpaired) electrons. The SMILES string of the molecule is CCC(C)(C)NC(=O)c1ccc(NC(=O)[C@@H](N)CC(C)C)cc1Cl. The van der Waals surface area contributed by atoms with Gasteiger partial charge in [-0.05, 0) is 50.8 Å². The minimum Gasteiger partial charge on any atom is -0.347 e. The van der Waals surface area contributed by atoms with Gasteiger partial charge >= 0.3 is 0 Å². The van der Waals surface area contributed by atoms with Crippen LogP contribution in [0.5, 0.6) is 0 Å². The van der Waals surface area contributed by atoms with Gasteiger partial charge in [-0.2, -0.15) is 0 Å². The number of rotatable bonds is 7. The first-order valence-corrected chi connectivity index (χ1v) is 8.62. The summed E-state index contributed by atoms with van der Waals surface area (Å²) in [6, 6.07) is 4.25. The van der Waals surface area contributed by atoms with Crippen LogP contribution in [0.25, 0.3) is 0 Å². The smallest absolute Gasteiger partial charge is 0.253 e. The van der Waals surface area contributed by atoms with E-state index >= 15 is 0 Å². The molecule has 4 N–H and O–H groups in total. The molecular weight excluding hydrogens is 326 g/mol. The number of carbonyl (C=O) groups is 2. The van der Waals surface area contributed by atoms with Crippen LogP contribution in [0.2, 0.25) is 5.02 Å². The fraction of sp³-hybridized carbons (Fsp3) is 0.556. The summed E-state index contributed by atoms with van der Waals surface area (Å²) in [6.45, 7) is 9.92. The Morgan fingerprint density at radius 2 is 1.92 bits per heavy atom. The second kappa shape index (κ2) is 8.49. The Hall–Kier alpha value is -1.59. The molecule has 24 heavy (non-hydrogen) atoms. The normalized spacial score (nSPS) is 12.8. The zero-order valence-electron chi connectivity index (χ0n) is 15.1. The third kappa shape index (κ3) is 6.13. The quantitative estimate of drug-likeness (QED) is 0.700. The lowest BCUT2D eigenvalue weighted by atomic mass is 10.0. The molecule has 1 atom stereocenters. The van der Waals surface area contributed by atoms with Gasteiger partial charge in [-0.1, -0.05) is 32.4 Å². The van der Waals surface area contributed by atoms with E-state index < -0.39 is 6.04 Å². The van der Waals surface area contributed by atoms with Gasteiger partial charge < -0.3 is 16.4 Å². The lowest BCUT2D eigenvalue weighted by Gasteiger charge is -2.24. The molecule has 6 heteroatoms. The van der Waals surface area contributed by atoms with Crippen molar-refractivity contribution in [2.75, 3.05) is 5.32 Å². The number of benzene rings is 1. The van der Waals surface area contributed by atoms with Gasteiger partial charge in [0.15, 0.2) is 0 Å². The molecule has 0 aliphatic heterocycles. The predicted molar refractivity (Wildman–Crippen MR) is 99.3 cm³/mol. The Morgan fingerprint density at radius 1 is 1.29 bits per heavy atom. The number of halogens is 1. The summed E-state index contributed by atoms with van der Waals surface area (Å²) in [4.78, 5) is 24.3. The zero-order chi connectivity index (χ0) is 18.5. The molecule has 0 aliphatic rings. The van der Waals surface area contributed by atoms with Crippen molar-refractivity contribution >= 4 is 29.1 Å². The molecule has 0 aliphatic carbocycles. The van der Waals surface area contributed by atoms with Gasteiger partial charge in [0.1, 0.15) is 0 Å². The number of amides is 2. The third-order valence-corrected chi connectivity index (χ3v) is 4.19. The maximum absolute atomic E-state index is 12.3. The molecule has 0 saturated carbocycles. The van der Waals surface area contributed by atoms with E-state index in [0.29, 0.717) is 23.6 Å². The second-order valence-electron chi connectivity index (χ2n) is 7.11. The van der Waals surface area contributed by atoms with Crippen molar-refractivity contribution in [1.82, 2.24) is 5.32 Å². The van der Waals surface area contributed by atoms with Crippen LogP contribution < -0.4 is 16.4 Å². The van der Waals surface area contributed by atoms with Gasteiger partial charge in [0.05, 0.1) is 16.6 Å². The maximum Gasteiger partial charge on any atom is 0.253 e. The van der Waals surface area contributed by atoms with Gasteiger partial charge in [0, 0.05) is 11.2 Å². The lowest BCUT2D eigenvalue weighted by Crippen LogP contribution is -2.42. The number of anilines is 1. The highest BCUT2D eigenvalue weighted by molar-refractivity contribution is 6.34. The van der Waals surface area contributed by atoms with Crippen molar-refractivity contribution in [3.63, 3.8) is 0 Å². The molecule has 1 aromatic rings. The summed E-state index contributed by atoms with van der Waals surface area (Å²) in [5.74, 6) is -0.160. The molecule has 0 aromatic heterocycles. The largest absolute Gasteiger partial charge is 0.347 e. The molecule has 0 unspecified atom stereocenters. The highest BCUT2D eigenvalue weighted by Gasteiger charge is 2.21. The highest BCUT2D eigenvalue weighted by atomic mass is 35.5. The molecule has 0 saturated heterocycles. The van der Waals surface area contributed by atoms with Crippen molar-refractivity contribution in [3.8, 4) is 0 Å². The zero-order valence-corrected chi connectivity index (χ0v) is 15.8. The fourth-order valence-corrected chi connectivity index (χ4v) is 2.36. The molecule has 2 amide bonds. The van der Waals surface area contributed by atoms with Gasteiger partial charge in [-0.15, -0.1) is 0 Å². The van der Waals surface area contributed by atoms with Crippen molar-refractivity contribution < 1.29 is 9.59 Å². The minimum atomic E-state index is -0.572. The van der Waals surface area contributed by atoms with Crippen molar-refractivity contribution in [1.29, 1.82) is 0 Å². The van der Waals surface area contributed by atoms with Crippen LogP contribution in [0.1, 0.15) is 57.8 Å². The first-order valence-electron chi connectivity index (χ1n) is 8.24. The number of nitrogens with one attached hydrogen (secondary N) is 2. The lowest BCUT2D eigenvalue weighted by molar-refractivity contribution is -0.117. The monoisotopic (exact) mass is 353 g/mol. The van der Waals surface area contributed by atoms with Crippen LogP contribution in [0.3, 0.4) is 0 Å². The summed E-state index contributed by atoms with van der Waals surface area (Å²) < 4.78 is 0. The third-order valence-electron chi connectivity index (χ3n) is 3.88. The maximum atomic E-state index is 12.3. The highest BCUT2D eigenvalue weighted by Crippen LogP contribution is 2.22. The van der Waals surface area contributed by atoms with E-state index in [1.54, 1.807) is 18.2 Å². The van der Waals surface area contributed by atoms with E-state index in [9.17, 15) is 9.59 Å². The first-order chi connectivity index (χ1) is 11.1. The van der Waals surface area contributed by atoms with Crippen molar-refractivity contribution in [3.05, 3.63) is 28.8 Å². The molecule has 0 bridgehead atoms. The summed E-state index contributed by atoms with van der Waals surface area (Å²) in [6.07, 6.45) is 1.41. The topological polar surface area (TPSA) is 84.2 Å². The molecular formula is C18H28ClN3O2. The summed E-state index contributed by atoms with van der Waals surface area (Å²) in [7, 11) is 0. The van der Waals surface area contributed by atoms with Crippen LogP contribution in [-0.2, 0) is 4.79 Å². The molecule has 0 spiro atoms. The van der Waals surface area contributed by atoms with Gasteiger partial charge in [-0.25, -0.2) is 0 Å². The first kappa shape index (κ1) is 20.5. The van der Waals surface area contributed by atoms with E-state index in [-0.39, 0.29) is 22.4 Å². The molecule has 134 valence electrons. The standard InChI is InChI=1S/C18H28ClN3O2/c1-6-18(4,5)22-16(23)13-8-7-12(10-14(13)19)21-17(24)15(20)9-11(2)3/h7-8,10-11,15H,6,9,20H2,1-5H3,(H,21,24)(H,22,23)/t15-/m0/s1. The summed E-state index contributed by atoms with van der Waals surface area (Å²) >= 11 is 6.20. The molecule has 5 nitrogen and oxygen atoms in total. The van der Waals surface area contributed by atoms with Crippen molar-refractivity contribution in [2.24, 2.45) is 11.7 Å². The van der Waals surface area contributed by atoms with Crippen LogP contribution in [0, 0.1) is 5.92 Å². The van der Waals surface area contributed by atoms with Crippen LogP contribution in [0.15, 0.2) is 18.2 Å². The Kier molecular flexibility index (Phi) is 7.24. The number of hydrogen-bond donors (Lipinski definition) is 3. The van der Waals surface area contributed by atoms with Gasteiger partial charge in [0.25, 0.3) is 5.91 Å². The second-order valence-corrected chi connectivity index (χ2v) is 7.52. The number of hydrogen-bond acceptors (Lipinski definition) is 3.